The van der Waals surface area contributed by atoms with Crippen molar-refractivity contribution in [1.29, 1.82) is 0 Å². The number of fused-ring (bicyclic) bond motifs is 1. The first-order chi connectivity index (χ1) is 13.5. The standard InChI is InChI=1S/C19H23N7O2/c1-12-8-13(2-5-21-12)17-14-10-22-16(9-15(14)25-26-17)24-18(27)23-11-19(28)3-6-20-7-4-19/h2,5,8-10,20,28H,3-4,6-7,11H2,1H3,(H,25,26)(H2,22,23,24,27). The second kappa shape index (κ2) is 7.53. The van der Waals surface area contributed by atoms with E-state index in [0.717, 1.165) is 40.9 Å². The molecule has 9 heteroatoms. The van der Waals surface area contributed by atoms with Gasteiger partial charge in [-0.1, -0.05) is 0 Å². The van der Waals surface area contributed by atoms with Crippen LogP contribution in [0.2, 0.25) is 0 Å². The minimum Gasteiger partial charge on any atom is -0.388 e. The van der Waals surface area contributed by atoms with Crippen molar-refractivity contribution in [3.63, 3.8) is 0 Å². The number of nitrogens with one attached hydrogen (secondary N) is 4. The largest absolute Gasteiger partial charge is 0.388 e. The summed E-state index contributed by atoms with van der Waals surface area (Å²) in [4.78, 5) is 20.7. The Morgan fingerprint density at radius 3 is 2.89 bits per heavy atom. The third kappa shape index (κ3) is 3.95. The molecule has 0 saturated carbocycles. The zero-order chi connectivity index (χ0) is 19.6. The average Bonchev–Trinajstić information content (AvgIpc) is 3.10. The highest BCUT2D eigenvalue weighted by Gasteiger charge is 2.29. The number of carbonyl (C=O) groups excluding carboxylic acids is 1. The highest BCUT2D eigenvalue weighted by Crippen LogP contribution is 2.27. The normalized spacial score (nSPS) is 16.1. The summed E-state index contributed by atoms with van der Waals surface area (Å²) in [5, 5.41) is 27.3. The molecule has 1 aliphatic heterocycles. The summed E-state index contributed by atoms with van der Waals surface area (Å²) in [7, 11) is 0. The Bertz CT molecular complexity index is 995. The molecule has 4 rings (SSSR count). The Morgan fingerprint density at radius 1 is 1.29 bits per heavy atom. The van der Waals surface area contributed by atoms with E-state index in [0.29, 0.717) is 18.7 Å². The van der Waals surface area contributed by atoms with E-state index in [9.17, 15) is 9.90 Å². The van der Waals surface area contributed by atoms with Gasteiger partial charge in [-0.2, -0.15) is 5.10 Å². The van der Waals surface area contributed by atoms with Gasteiger partial charge < -0.3 is 15.7 Å². The molecule has 4 heterocycles. The fourth-order valence-electron chi connectivity index (χ4n) is 3.37. The molecule has 28 heavy (non-hydrogen) atoms. The molecule has 146 valence electrons. The van der Waals surface area contributed by atoms with Gasteiger partial charge in [0.15, 0.2) is 0 Å². The Balaban J connectivity index is 1.44. The van der Waals surface area contributed by atoms with Crippen LogP contribution in [-0.4, -0.2) is 56.5 Å². The average molecular weight is 381 g/mol. The van der Waals surface area contributed by atoms with E-state index in [2.05, 4.69) is 36.1 Å². The van der Waals surface area contributed by atoms with Crippen LogP contribution in [0.3, 0.4) is 0 Å². The van der Waals surface area contributed by atoms with Gasteiger partial charge in [0.25, 0.3) is 0 Å². The van der Waals surface area contributed by atoms with Crippen molar-refractivity contribution >= 4 is 22.8 Å². The van der Waals surface area contributed by atoms with Gasteiger partial charge in [0.1, 0.15) is 11.5 Å². The summed E-state index contributed by atoms with van der Waals surface area (Å²) in [6.07, 6.45) is 4.65. The number of anilines is 1. The monoisotopic (exact) mass is 381 g/mol. The number of urea groups is 1. The van der Waals surface area contributed by atoms with E-state index in [1.165, 1.54) is 0 Å². The van der Waals surface area contributed by atoms with Crippen LogP contribution in [0.25, 0.3) is 22.2 Å². The van der Waals surface area contributed by atoms with Gasteiger partial charge in [0.2, 0.25) is 0 Å². The van der Waals surface area contributed by atoms with Crippen LogP contribution in [0, 0.1) is 6.92 Å². The van der Waals surface area contributed by atoms with Crippen molar-refractivity contribution in [3.05, 3.63) is 36.3 Å². The summed E-state index contributed by atoms with van der Waals surface area (Å²) in [5.41, 5.74) is 2.56. The lowest BCUT2D eigenvalue weighted by Crippen LogP contribution is -2.50. The fourth-order valence-corrected chi connectivity index (χ4v) is 3.37. The molecule has 0 spiro atoms. The van der Waals surface area contributed by atoms with Crippen molar-refractivity contribution in [2.75, 3.05) is 25.0 Å². The smallest absolute Gasteiger partial charge is 0.320 e. The summed E-state index contributed by atoms with van der Waals surface area (Å²) in [6.45, 7) is 3.63. The number of carbonyl (C=O) groups is 1. The number of nitrogens with zero attached hydrogens (tertiary/aromatic N) is 3. The highest BCUT2D eigenvalue weighted by molar-refractivity contribution is 5.95. The van der Waals surface area contributed by atoms with E-state index in [4.69, 9.17) is 0 Å². The number of amides is 2. The van der Waals surface area contributed by atoms with Crippen LogP contribution in [0.1, 0.15) is 18.5 Å². The maximum absolute atomic E-state index is 12.2. The van der Waals surface area contributed by atoms with E-state index >= 15 is 0 Å². The number of aromatic nitrogens is 4. The summed E-state index contributed by atoms with van der Waals surface area (Å²) < 4.78 is 0. The number of aromatic amines is 1. The number of rotatable bonds is 4. The third-order valence-electron chi connectivity index (χ3n) is 4.97. The third-order valence-corrected chi connectivity index (χ3v) is 4.97. The van der Waals surface area contributed by atoms with Crippen LogP contribution in [-0.2, 0) is 0 Å². The molecule has 0 aliphatic carbocycles. The topological polar surface area (TPSA) is 128 Å². The van der Waals surface area contributed by atoms with Gasteiger partial charge in [-0.3, -0.25) is 15.4 Å². The summed E-state index contributed by atoms with van der Waals surface area (Å²) >= 11 is 0. The number of piperidine rings is 1. The first-order valence-electron chi connectivity index (χ1n) is 9.28. The van der Waals surface area contributed by atoms with Crippen molar-refractivity contribution in [3.8, 4) is 11.3 Å². The zero-order valence-corrected chi connectivity index (χ0v) is 15.6. The molecule has 5 N–H and O–H groups in total. The van der Waals surface area contributed by atoms with Crippen molar-refractivity contribution < 1.29 is 9.90 Å². The lowest BCUT2D eigenvalue weighted by atomic mass is 9.92. The minimum atomic E-state index is -0.860. The summed E-state index contributed by atoms with van der Waals surface area (Å²) in [6, 6.07) is 5.19. The first-order valence-corrected chi connectivity index (χ1v) is 9.28. The number of hydrogen-bond donors (Lipinski definition) is 5. The number of hydrogen-bond acceptors (Lipinski definition) is 6. The Hall–Kier alpha value is -3.04. The van der Waals surface area contributed by atoms with Crippen LogP contribution in [0.15, 0.2) is 30.6 Å². The number of aryl methyl sites for hydroxylation is 1. The molecule has 1 aliphatic rings. The predicted octanol–water partition coefficient (Wildman–Crippen LogP) is 1.56. The highest BCUT2D eigenvalue weighted by atomic mass is 16.3. The Kier molecular flexibility index (Phi) is 4.93. The second-order valence-electron chi connectivity index (χ2n) is 7.16. The lowest BCUT2D eigenvalue weighted by molar-refractivity contribution is 0.0138. The molecule has 3 aromatic rings. The molecule has 0 aromatic carbocycles. The molecular formula is C19H23N7O2. The molecule has 0 radical (unpaired) electrons. The maximum atomic E-state index is 12.2. The molecular weight excluding hydrogens is 358 g/mol. The first kappa shape index (κ1) is 18.3. The predicted molar refractivity (Wildman–Crippen MR) is 106 cm³/mol. The van der Waals surface area contributed by atoms with Gasteiger partial charge >= 0.3 is 6.03 Å². The van der Waals surface area contributed by atoms with Crippen LogP contribution in [0.5, 0.6) is 0 Å². The molecule has 1 fully saturated rings. The maximum Gasteiger partial charge on any atom is 0.320 e. The number of H-pyrrole nitrogens is 1. The number of pyridine rings is 2. The fraction of sp³-hybridized carbons (Fsp3) is 0.368. The van der Waals surface area contributed by atoms with Gasteiger partial charge in [0.05, 0.1) is 11.1 Å². The van der Waals surface area contributed by atoms with Crippen molar-refractivity contribution in [2.24, 2.45) is 0 Å². The second-order valence-corrected chi connectivity index (χ2v) is 7.16. The van der Waals surface area contributed by atoms with Gasteiger partial charge in [-0.25, -0.2) is 9.78 Å². The Morgan fingerprint density at radius 2 is 2.11 bits per heavy atom. The van der Waals surface area contributed by atoms with Crippen LogP contribution < -0.4 is 16.0 Å². The SMILES string of the molecule is Cc1cc(-c2n[nH]c3cc(NC(=O)NCC4(O)CCNCC4)ncc23)ccn1. The molecule has 0 bridgehead atoms. The van der Waals surface area contributed by atoms with Crippen molar-refractivity contribution in [2.45, 2.75) is 25.4 Å². The minimum absolute atomic E-state index is 0.207. The zero-order valence-electron chi connectivity index (χ0n) is 15.6. The molecule has 0 unspecified atom stereocenters. The van der Waals surface area contributed by atoms with E-state index in [1.807, 2.05) is 19.1 Å². The van der Waals surface area contributed by atoms with Gasteiger partial charge in [-0.15, -0.1) is 0 Å². The summed E-state index contributed by atoms with van der Waals surface area (Å²) in [5.74, 6) is 0.406. The molecule has 0 atom stereocenters. The molecule has 9 nitrogen and oxygen atoms in total. The molecule has 3 aromatic heterocycles. The van der Waals surface area contributed by atoms with Crippen molar-refractivity contribution in [1.82, 2.24) is 30.8 Å². The lowest BCUT2D eigenvalue weighted by Gasteiger charge is -2.32. The Labute approximate surface area is 162 Å². The molecule has 1 saturated heterocycles. The quantitative estimate of drug-likeness (QED) is 0.467. The van der Waals surface area contributed by atoms with Crippen LogP contribution in [0.4, 0.5) is 10.6 Å². The van der Waals surface area contributed by atoms with E-state index < -0.39 is 11.6 Å². The van der Waals surface area contributed by atoms with E-state index in [1.54, 1.807) is 18.5 Å². The van der Waals surface area contributed by atoms with Gasteiger partial charge in [0, 0.05) is 41.6 Å². The van der Waals surface area contributed by atoms with E-state index in [-0.39, 0.29) is 6.54 Å². The molecule has 2 amide bonds. The number of aliphatic hydroxyl groups is 1. The van der Waals surface area contributed by atoms with Gasteiger partial charge in [-0.05, 0) is 45.0 Å². The van der Waals surface area contributed by atoms with Crippen LogP contribution >= 0.6 is 0 Å².